The summed E-state index contributed by atoms with van der Waals surface area (Å²) in [7, 11) is 0. The van der Waals surface area contributed by atoms with Crippen molar-refractivity contribution in [3.8, 4) is 0 Å². The van der Waals surface area contributed by atoms with Gasteiger partial charge in [0.05, 0.1) is 0 Å². The van der Waals surface area contributed by atoms with Gasteiger partial charge in [-0.2, -0.15) is 0 Å². The molecule has 0 aliphatic rings. The fourth-order valence-corrected chi connectivity index (χ4v) is 2.08. The van der Waals surface area contributed by atoms with E-state index in [1.54, 1.807) is 42.5 Å². The van der Waals surface area contributed by atoms with Crippen LogP contribution in [0.5, 0.6) is 0 Å². The standard InChI is InChI=1S/C16H13N5O3.C2H6/c22-14(19-11-8-4-5-9-17-11)12-13(20-16(24)21-15(12)23)18-10-6-2-1-3-7-10;1-2/h1-9H,(H,17,19,22)(H3,18,20,21,23,24);1-2H3. The van der Waals surface area contributed by atoms with E-state index < -0.39 is 17.2 Å². The summed E-state index contributed by atoms with van der Waals surface area (Å²) in [4.78, 5) is 44.5. The number of carbonyl (C=O) groups is 1. The number of anilines is 3. The van der Waals surface area contributed by atoms with Crippen molar-refractivity contribution < 1.29 is 4.79 Å². The molecule has 3 rings (SSSR count). The van der Waals surface area contributed by atoms with E-state index in [0.717, 1.165) is 0 Å². The Morgan fingerprint density at radius 1 is 0.962 bits per heavy atom. The molecule has 0 spiro atoms. The number of aromatic nitrogens is 3. The van der Waals surface area contributed by atoms with Crippen molar-refractivity contribution in [2.75, 3.05) is 10.6 Å². The zero-order valence-corrected chi connectivity index (χ0v) is 14.4. The summed E-state index contributed by atoms with van der Waals surface area (Å²) in [5.74, 6) is -0.397. The topological polar surface area (TPSA) is 120 Å². The molecule has 0 aliphatic carbocycles. The molecule has 0 aliphatic heterocycles. The second-order valence-corrected chi connectivity index (χ2v) is 4.82. The molecule has 2 heterocycles. The van der Waals surface area contributed by atoms with Crippen LogP contribution in [-0.2, 0) is 0 Å². The largest absolute Gasteiger partial charge is 0.341 e. The number of amides is 1. The second-order valence-electron chi connectivity index (χ2n) is 4.82. The highest BCUT2D eigenvalue weighted by molar-refractivity contribution is 6.07. The SMILES string of the molecule is CC.O=C(Nc1ccccn1)c1c(Nc2ccccc2)[nH]c(=O)[nH]c1=O. The van der Waals surface area contributed by atoms with Crippen LogP contribution in [0.3, 0.4) is 0 Å². The molecule has 0 fully saturated rings. The van der Waals surface area contributed by atoms with Gasteiger partial charge in [0.1, 0.15) is 17.2 Å². The molecule has 0 unspecified atom stereocenters. The summed E-state index contributed by atoms with van der Waals surface area (Å²) >= 11 is 0. The van der Waals surface area contributed by atoms with E-state index in [2.05, 4.69) is 20.6 Å². The Morgan fingerprint density at radius 3 is 2.31 bits per heavy atom. The maximum atomic E-state index is 12.4. The van der Waals surface area contributed by atoms with Crippen LogP contribution >= 0.6 is 0 Å². The highest BCUT2D eigenvalue weighted by Crippen LogP contribution is 2.15. The number of aromatic amines is 2. The van der Waals surface area contributed by atoms with Crippen molar-refractivity contribution >= 4 is 23.2 Å². The lowest BCUT2D eigenvalue weighted by Gasteiger charge is -2.10. The van der Waals surface area contributed by atoms with Gasteiger partial charge in [-0.1, -0.05) is 38.1 Å². The first-order valence-corrected chi connectivity index (χ1v) is 8.04. The molecule has 134 valence electrons. The average Bonchev–Trinajstić information content (AvgIpc) is 2.64. The first kappa shape index (κ1) is 18.7. The number of pyridine rings is 1. The summed E-state index contributed by atoms with van der Waals surface area (Å²) in [6.45, 7) is 4.00. The monoisotopic (exact) mass is 353 g/mol. The average molecular weight is 353 g/mol. The van der Waals surface area contributed by atoms with Crippen molar-refractivity contribution in [2.45, 2.75) is 13.8 Å². The minimum absolute atomic E-state index is 0.00313. The molecule has 3 aromatic rings. The molecule has 4 N–H and O–H groups in total. The van der Waals surface area contributed by atoms with Crippen LogP contribution in [0.1, 0.15) is 24.2 Å². The second kappa shape index (κ2) is 8.97. The minimum Gasteiger partial charge on any atom is -0.341 e. The molecule has 8 heteroatoms. The first-order chi connectivity index (χ1) is 12.6. The Labute approximate surface area is 149 Å². The van der Waals surface area contributed by atoms with E-state index in [4.69, 9.17) is 0 Å². The van der Waals surface area contributed by atoms with Crippen molar-refractivity contribution in [3.63, 3.8) is 0 Å². The molecule has 0 saturated carbocycles. The Balaban J connectivity index is 0.00000117. The number of hydrogen-bond donors (Lipinski definition) is 4. The number of benzene rings is 1. The Kier molecular flexibility index (Phi) is 6.44. The van der Waals surface area contributed by atoms with E-state index in [1.807, 2.05) is 24.9 Å². The smallest absolute Gasteiger partial charge is 0.327 e. The van der Waals surface area contributed by atoms with Gasteiger partial charge in [-0.15, -0.1) is 0 Å². The number of nitrogens with zero attached hydrogens (tertiary/aromatic N) is 1. The van der Waals surface area contributed by atoms with Gasteiger partial charge in [-0.05, 0) is 24.3 Å². The zero-order valence-electron chi connectivity index (χ0n) is 14.4. The van der Waals surface area contributed by atoms with E-state index in [0.29, 0.717) is 11.5 Å². The number of carbonyl (C=O) groups excluding carboxylic acids is 1. The van der Waals surface area contributed by atoms with Crippen LogP contribution in [0.2, 0.25) is 0 Å². The summed E-state index contributed by atoms with van der Waals surface area (Å²) in [5, 5.41) is 5.38. The normalized spacial score (nSPS) is 9.62. The number of H-pyrrole nitrogens is 2. The van der Waals surface area contributed by atoms with Crippen molar-refractivity contribution in [2.24, 2.45) is 0 Å². The Morgan fingerprint density at radius 2 is 1.65 bits per heavy atom. The fourth-order valence-electron chi connectivity index (χ4n) is 2.08. The van der Waals surface area contributed by atoms with E-state index in [1.165, 1.54) is 6.20 Å². The number of rotatable bonds is 4. The van der Waals surface area contributed by atoms with Gasteiger partial charge >= 0.3 is 5.69 Å². The van der Waals surface area contributed by atoms with Gasteiger partial charge in [0.15, 0.2) is 0 Å². The third kappa shape index (κ3) is 4.67. The molecule has 0 atom stereocenters. The maximum absolute atomic E-state index is 12.4. The molecule has 26 heavy (non-hydrogen) atoms. The maximum Gasteiger partial charge on any atom is 0.327 e. The fraction of sp³-hybridized carbons (Fsp3) is 0.111. The van der Waals surface area contributed by atoms with Gasteiger partial charge in [-0.25, -0.2) is 9.78 Å². The molecule has 2 aromatic heterocycles. The molecule has 1 aromatic carbocycles. The molecule has 1 amide bonds. The Hall–Kier alpha value is -3.68. The van der Waals surface area contributed by atoms with Gasteiger partial charge in [0.25, 0.3) is 11.5 Å². The molecular weight excluding hydrogens is 334 g/mol. The quantitative estimate of drug-likeness (QED) is 0.574. The first-order valence-electron chi connectivity index (χ1n) is 8.04. The Bertz CT molecular complexity index is 965. The van der Waals surface area contributed by atoms with E-state index >= 15 is 0 Å². The summed E-state index contributed by atoms with van der Waals surface area (Å²) in [6, 6.07) is 13.8. The van der Waals surface area contributed by atoms with Crippen LogP contribution in [0.15, 0.2) is 64.3 Å². The summed E-state index contributed by atoms with van der Waals surface area (Å²) in [5.41, 5.74) is -1.15. The van der Waals surface area contributed by atoms with Gasteiger partial charge < -0.3 is 10.6 Å². The van der Waals surface area contributed by atoms with Crippen molar-refractivity contribution in [3.05, 3.63) is 81.1 Å². The highest BCUT2D eigenvalue weighted by Gasteiger charge is 2.18. The number of nitrogens with one attached hydrogen (secondary N) is 4. The summed E-state index contributed by atoms with van der Waals surface area (Å²) < 4.78 is 0. The highest BCUT2D eigenvalue weighted by atomic mass is 16.2. The predicted molar refractivity (Wildman–Crippen MR) is 101 cm³/mol. The molecule has 0 radical (unpaired) electrons. The van der Waals surface area contributed by atoms with Gasteiger partial charge in [0, 0.05) is 11.9 Å². The summed E-state index contributed by atoms with van der Waals surface area (Å²) in [6.07, 6.45) is 1.51. The molecule has 0 bridgehead atoms. The third-order valence-electron chi connectivity index (χ3n) is 3.12. The van der Waals surface area contributed by atoms with Crippen molar-refractivity contribution in [1.29, 1.82) is 0 Å². The minimum atomic E-state index is -0.800. The van der Waals surface area contributed by atoms with Crippen LogP contribution in [0, 0.1) is 0 Å². The van der Waals surface area contributed by atoms with Gasteiger partial charge in [-0.3, -0.25) is 19.6 Å². The van der Waals surface area contributed by atoms with Crippen LogP contribution in [-0.4, -0.2) is 20.9 Å². The molecule has 0 saturated heterocycles. The molecular formula is C18H19N5O3. The van der Waals surface area contributed by atoms with Crippen LogP contribution < -0.4 is 21.9 Å². The lowest BCUT2D eigenvalue weighted by Crippen LogP contribution is -2.32. The lowest BCUT2D eigenvalue weighted by atomic mass is 10.2. The van der Waals surface area contributed by atoms with Gasteiger partial charge in [0.2, 0.25) is 0 Å². The van der Waals surface area contributed by atoms with Crippen molar-refractivity contribution in [1.82, 2.24) is 15.0 Å². The predicted octanol–water partition coefficient (Wildman–Crippen LogP) is 2.48. The van der Waals surface area contributed by atoms with Crippen LogP contribution in [0.4, 0.5) is 17.3 Å². The zero-order chi connectivity index (χ0) is 18.9. The van der Waals surface area contributed by atoms with Crippen LogP contribution in [0.25, 0.3) is 0 Å². The number of para-hydroxylation sites is 1. The van der Waals surface area contributed by atoms with E-state index in [-0.39, 0.29) is 11.4 Å². The molecule has 8 nitrogen and oxygen atoms in total. The third-order valence-corrected chi connectivity index (χ3v) is 3.12. The lowest BCUT2D eigenvalue weighted by molar-refractivity contribution is 0.102. The number of hydrogen-bond acceptors (Lipinski definition) is 5. The van der Waals surface area contributed by atoms with E-state index in [9.17, 15) is 14.4 Å².